The summed E-state index contributed by atoms with van der Waals surface area (Å²) in [6.07, 6.45) is 0. The van der Waals surface area contributed by atoms with Crippen LogP contribution >= 0.6 is 12.2 Å². The van der Waals surface area contributed by atoms with Crippen molar-refractivity contribution in [3.63, 3.8) is 0 Å². The topological polar surface area (TPSA) is 39.2 Å². The Balaban J connectivity index is 2.51. The van der Waals surface area contributed by atoms with Gasteiger partial charge < -0.3 is 8.94 Å². The van der Waals surface area contributed by atoms with Gasteiger partial charge in [-0.15, -0.1) is 0 Å². The molecule has 0 spiro atoms. The monoisotopic (exact) mass is 179 g/mol. The Morgan fingerprint density at radius 3 is 2.50 bits per heavy atom. The van der Waals surface area contributed by atoms with E-state index >= 15 is 0 Å². The van der Waals surface area contributed by atoms with Gasteiger partial charge in [-0.25, -0.2) is 0 Å². The third-order valence-corrected chi connectivity index (χ3v) is 1.56. The SMILES string of the molecule is S=c1onc(-c2ccccc2)o1. The summed E-state index contributed by atoms with van der Waals surface area (Å²) in [6, 6.07) is 9.44. The van der Waals surface area contributed by atoms with E-state index in [1.54, 1.807) is 0 Å². The molecule has 0 aliphatic carbocycles. The molecule has 0 bridgehead atoms. The van der Waals surface area contributed by atoms with Crippen LogP contribution in [0.4, 0.5) is 0 Å². The maximum Gasteiger partial charge on any atom is 0.387 e. The van der Waals surface area contributed by atoms with E-state index in [0.29, 0.717) is 5.89 Å². The van der Waals surface area contributed by atoms with Crippen LogP contribution in [0, 0.1) is 4.90 Å². The quantitative estimate of drug-likeness (QED) is 0.631. The van der Waals surface area contributed by atoms with Gasteiger partial charge in [0.2, 0.25) is 0 Å². The third-order valence-electron chi connectivity index (χ3n) is 1.40. The van der Waals surface area contributed by atoms with E-state index in [-0.39, 0.29) is 4.90 Å². The van der Waals surface area contributed by atoms with Crippen LogP contribution in [0.5, 0.6) is 0 Å². The van der Waals surface area contributed by atoms with Gasteiger partial charge in [-0.3, -0.25) is 0 Å². The van der Waals surface area contributed by atoms with E-state index in [4.69, 9.17) is 4.42 Å². The van der Waals surface area contributed by atoms with Crippen molar-refractivity contribution < 1.29 is 8.94 Å². The number of rotatable bonds is 1. The first kappa shape index (κ1) is 7.24. The fraction of sp³-hybridized carbons (Fsp3) is 0. The van der Waals surface area contributed by atoms with Crippen LogP contribution in [-0.4, -0.2) is 5.16 Å². The van der Waals surface area contributed by atoms with Crippen LogP contribution in [0.1, 0.15) is 0 Å². The van der Waals surface area contributed by atoms with Crippen molar-refractivity contribution in [2.45, 2.75) is 0 Å². The van der Waals surface area contributed by atoms with Crippen LogP contribution < -0.4 is 0 Å². The van der Waals surface area contributed by atoms with Gasteiger partial charge in [0.05, 0.1) is 0 Å². The van der Waals surface area contributed by atoms with Crippen LogP contribution in [0.3, 0.4) is 0 Å². The normalized spacial score (nSPS) is 10.0. The summed E-state index contributed by atoms with van der Waals surface area (Å²) >= 11 is 4.64. The van der Waals surface area contributed by atoms with Crippen LogP contribution in [0.15, 0.2) is 39.3 Å². The second-order valence-electron chi connectivity index (χ2n) is 2.21. The molecule has 2 aromatic rings. The molecule has 0 aliphatic heterocycles. The first-order chi connectivity index (χ1) is 5.86. The summed E-state index contributed by atoms with van der Waals surface area (Å²) in [5, 5.41) is 3.64. The highest BCUT2D eigenvalue weighted by Crippen LogP contribution is 2.16. The van der Waals surface area contributed by atoms with Gasteiger partial charge >= 0.3 is 4.90 Å². The lowest BCUT2D eigenvalue weighted by Gasteiger charge is -1.88. The maximum atomic E-state index is 5.01. The van der Waals surface area contributed by atoms with Gasteiger partial charge in [0.1, 0.15) is 0 Å². The van der Waals surface area contributed by atoms with E-state index < -0.39 is 0 Å². The van der Waals surface area contributed by atoms with Gasteiger partial charge in [-0.2, -0.15) is 0 Å². The minimum Gasteiger partial charge on any atom is -0.393 e. The van der Waals surface area contributed by atoms with Gasteiger partial charge in [0.15, 0.2) is 0 Å². The molecule has 0 fully saturated rings. The Hall–Kier alpha value is -1.42. The molecule has 0 radical (unpaired) electrons. The van der Waals surface area contributed by atoms with Crippen LogP contribution in [-0.2, 0) is 0 Å². The van der Waals surface area contributed by atoms with Crippen molar-refractivity contribution in [1.82, 2.24) is 5.16 Å². The van der Waals surface area contributed by atoms with E-state index in [2.05, 4.69) is 21.9 Å². The predicted molar refractivity (Wildman–Crippen MR) is 45.0 cm³/mol. The smallest absolute Gasteiger partial charge is 0.387 e. The summed E-state index contributed by atoms with van der Waals surface area (Å²) in [5.41, 5.74) is 0.859. The minimum atomic E-state index is 0.0499. The second-order valence-corrected chi connectivity index (χ2v) is 2.54. The van der Waals surface area contributed by atoms with Gasteiger partial charge in [0.25, 0.3) is 5.89 Å². The molecule has 3 nitrogen and oxygen atoms in total. The molecular formula is C8H5NO2S. The molecule has 60 valence electrons. The van der Waals surface area contributed by atoms with Crippen molar-refractivity contribution >= 4 is 12.2 Å². The largest absolute Gasteiger partial charge is 0.393 e. The molecule has 0 amide bonds. The average Bonchev–Trinajstić information content (AvgIpc) is 2.54. The highest BCUT2D eigenvalue weighted by atomic mass is 32.1. The number of hydrogen-bond acceptors (Lipinski definition) is 4. The van der Waals surface area contributed by atoms with Gasteiger partial charge in [0, 0.05) is 17.8 Å². The van der Waals surface area contributed by atoms with Crippen LogP contribution in [0.2, 0.25) is 0 Å². The number of hydrogen-bond donors (Lipinski definition) is 0. The van der Waals surface area contributed by atoms with Crippen molar-refractivity contribution in [3.05, 3.63) is 35.2 Å². The molecular weight excluding hydrogens is 174 g/mol. The Bertz CT molecular complexity index is 418. The molecule has 0 saturated carbocycles. The summed E-state index contributed by atoms with van der Waals surface area (Å²) in [7, 11) is 0. The first-order valence-corrected chi connectivity index (χ1v) is 3.79. The van der Waals surface area contributed by atoms with Crippen LogP contribution in [0.25, 0.3) is 11.5 Å². The molecule has 0 N–H and O–H groups in total. The van der Waals surface area contributed by atoms with Crippen molar-refractivity contribution in [2.75, 3.05) is 0 Å². The fourth-order valence-corrected chi connectivity index (χ4v) is 1.00. The fourth-order valence-electron chi connectivity index (χ4n) is 0.887. The Kier molecular flexibility index (Phi) is 1.75. The summed E-state index contributed by atoms with van der Waals surface area (Å²) in [6.45, 7) is 0. The zero-order chi connectivity index (χ0) is 8.39. The second kappa shape index (κ2) is 2.91. The summed E-state index contributed by atoms with van der Waals surface area (Å²) in [5.74, 6) is 0.417. The molecule has 2 rings (SSSR count). The number of nitrogens with zero attached hydrogens (tertiary/aromatic N) is 1. The van der Waals surface area contributed by atoms with E-state index in [1.807, 2.05) is 30.3 Å². The summed E-state index contributed by atoms with van der Waals surface area (Å²) < 4.78 is 9.62. The zero-order valence-electron chi connectivity index (χ0n) is 6.06. The molecule has 0 unspecified atom stereocenters. The lowest BCUT2D eigenvalue weighted by Crippen LogP contribution is -1.73. The van der Waals surface area contributed by atoms with E-state index in [0.717, 1.165) is 5.56 Å². The minimum absolute atomic E-state index is 0.0499. The summed E-state index contributed by atoms with van der Waals surface area (Å²) in [4.78, 5) is 0.0499. The Labute approximate surface area is 73.6 Å². The number of aromatic nitrogens is 1. The Morgan fingerprint density at radius 1 is 1.17 bits per heavy atom. The van der Waals surface area contributed by atoms with E-state index in [1.165, 1.54) is 0 Å². The first-order valence-electron chi connectivity index (χ1n) is 3.38. The molecule has 4 heteroatoms. The Morgan fingerprint density at radius 2 is 1.92 bits per heavy atom. The zero-order valence-corrected chi connectivity index (χ0v) is 6.88. The highest BCUT2D eigenvalue weighted by Gasteiger charge is 2.02. The highest BCUT2D eigenvalue weighted by molar-refractivity contribution is 7.71. The molecule has 1 aromatic carbocycles. The lowest BCUT2D eigenvalue weighted by atomic mass is 10.2. The molecule has 1 aromatic heterocycles. The average molecular weight is 179 g/mol. The van der Waals surface area contributed by atoms with E-state index in [9.17, 15) is 0 Å². The molecule has 0 atom stereocenters. The molecule has 1 heterocycles. The van der Waals surface area contributed by atoms with Crippen molar-refractivity contribution in [2.24, 2.45) is 0 Å². The maximum absolute atomic E-state index is 5.01. The van der Waals surface area contributed by atoms with Crippen molar-refractivity contribution in [3.8, 4) is 11.5 Å². The third kappa shape index (κ3) is 1.29. The standard InChI is InChI=1S/C8H5NO2S/c12-8-10-7(9-11-8)6-4-2-1-3-5-6/h1-5H. The number of benzene rings is 1. The molecule has 0 aliphatic rings. The van der Waals surface area contributed by atoms with Gasteiger partial charge in [-0.1, -0.05) is 18.2 Å². The lowest BCUT2D eigenvalue weighted by molar-refractivity contribution is 0.363. The van der Waals surface area contributed by atoms with Gasteiger partial charge in [-0.05, 0) is 17.3 Å². The predicted octanol–water partition coefficient (Wildman–Crippen LogP) is 2.66. The molecule has 0 saturated heterocycles. The van der Waals surface area contributed by atoms with Crippen molar-refractivity contribution in [1.29, 1.82) is 0 Å². The molecule has 12 heavy (non-hydrogen) atoms.